The summed E-state index contributed by atoms with van der Waals surface area (Å²) in [6.45, 7) is 1.52. The van der Waals surface area contributed by atoms with E-state index >= 15 is 0 Å². The zero-order valence-corrected chi connectivity index (χ0v) is 8.53. The standard InChI is InChI=1S/C8H5ClF4S/c1-4-2-3-5(10)7(6(4)9)14-8(11,12)13/h2-3H,1H3. The van der Waals surface area contributed by atoms with Crippen LogP contribution in [-0.2, 0) is 0 Å². The monoisotopic (exact) mass is 244 g/mol. The predicted octanol–water partition coefficient (Wildman–Crippen LogP) is 4.40. The molecule has 0 heterocycles. The molecule has 0 aliphatic carbocycles. The van der Waals surface area contributed by atoms with Gasteiger partial charge < -0.3 is 0 Å². The molecule has 0 amide bonds. The molecule has 0 atom stereocenters. The average molecular weight is 245 g/mol. The summed E-state index contributed by atoms with van der Waals surface area (Å²) in [4.78, 5) is -0.570. The summed E-state index contributed by atoms with van der Waals surface area (Å²) in [5, 5.41) is -0.188. The van der Waals surface area contributed by atoms with Crippen LogP contribution in [0, 0.1) is 12.7 Å². The maximum Gasteiger partial charge on any atom is 0.446 e. The van der Waals surface area contributed by atoms with Crippen LogP contribution >= 0.6 is 23.4 Å². The van der Waals surface area contributed by atoms with Crippen molar-refractivity contribution < 1.29 is 17.6 Å². The molecule has 0 unspecified atom stereocenters. The van der Waals surface area contributed by atoms with Gasteiger partial charge in [-0.05, 0) is 30.3 Å². The second-order valence-corrected chi connectivity index (χ2v) is 4.01. The van der Waals surface area contributed by atoms with Crippen molar-refractivity contribution >= 4 is 23.4 Å². The molecule has 1 rings (SSSR count). The van der Waals surface area contributed by atoms with E-state index < -0.39 is 28.0 Å². The van der Waals surface area contributed by atoms with Gasteiger partial charge in [0.2, 0.25) is 0 Å². The fourth-order valence-electron chi connectivity index (χ4n) is 0.840. The van der Waals surface area contributed by atoms with Crippen molar-refractivity contribution in [2.75, 3.05) is 0 Å². The first-order valence-electron chi connectivity index (χ1n) is 3.51. The van der Waals surface area contributed by atoms with E-state index in [4.69, 9.17) is 11.6 Å². The van der Waals surface area contributed by atoms with Gasteiger partial charge in [0.15, 0.2) is 0 Å². The van der Waals surface area contributed by atoms with Crippen LogP contribution in [0.1, 0.15) is 5.56 Å². The second-order valence-electron chi connectivity index (χ2n) is 2.56. The van der Waals surface area contributed by atoms with Gasteiger partial charge in [0.1, 0.15) is 5.82 Å². The van der Waals surface area contributed by atoms with Crippen LogP contribution in [0.2, 0.25) is 5.02 Å². The summed E-state index contributed by atoms with van der Waals surface area (Å²) in [5.41, 5.74) is -4.11. The van der Waals surface area contributed by atoms with Crippen molar-refractivity contribution in [3.63, 3.8) is 0 Å². The fraction of sp³-hybridized carbons (Fsp3) is 0.250. The highest BCUT2D eigenvalue weighted by Crippen LogP contribution is 2.42. The van der Waals surface area contributed by atoms with Gasteiger partial charge >= 0.3 is 5.51 Å². The molecule has 0 saturated heterocycles. The summed E-state index contributed by atoms with van der Waals surface area (Å²) in [6, 6.07) is 2.30. The van der Waals surface area contributed by atoms with Gasteiger partial charge in [0.05, 0.1) is 9.92 Å². The van der Waals surface area contributed by atoms with E-state index in [1.807, 2.05) is 0 Å². The first-order valence-corrected chi connectivity index (χ1v) is 4.71. The minimum absolute atomic E-state index is 0.188. The Kier molecular flexibility index (Phi) is 3.32. The van der Waals surface area contributed by atoms with E-state index in [-0.39, 0.29) is 5.02 Å². The first-order chi connectivity index (χ1) is 6.31. The minimum Gasteiger partial charge on any atom is -0.206 e. The zero-order valence-electron chi connectivity index (χ0n) is 6.95. The fourth-order valence-corrected chi connectivity index (χ4v) is 1.76. The number of thioether (sulfide) groups is 1. The van der Waals surface area contributed by atoms with Gasteiger partial charge in [0.25, 0.3) is 0 Å². The number of alkyl halides is 3. The highest BCUT2D eigenvalue weighted by Gasteiger charge is 2.32. The Morgan fingerprint density at radius 1 is 1.29 bits per heavy atom. The summed E-state index contributed by atoms with van der Waals surface area (Å²) in [5.74, 6) is -0.956. The van der Waals surface area contributed by atoms with Crippen LogP contribution in [0.3, 0.4) is 0 Å². The molecule has 0 bridgehead atoms. The zero-order chi connectivity index (χ0) is 10.9. The van der Waals surface area contributed by atoms with Gasteiger partial charge in [-0.25, -0.2) is 4.39 Å². The summed E-state index contributed by atoms with van der Waals surface area (Å²) in [6.07, 6.45) is 0. The number of hydrogen-bond acceptors (Lipinski definition) is 1. The lowest BCUT2D eigenvalue weighted by Crippen LogP contribution is -2.01. The smallest absolute Gasteiger partial charge is 0.206 e. The molecule has 0 aliphatic heterocycles. The lowest BCUT2D eigenvalue weighted by Gasteiger charge is -2.09. The van der Waals surface area contributed by atoms with Crippen molar-refractivity contribution in [2.45, 2.75) is 17.3 Å². The second kappa shape index (κ2) is 3.98. The molecule has 0 spiro atoms. The number of halogens is 5. The molecule has 0 nitrogen and oxygen atoms in total. The van der Waals surface area contributed by atoms with Gasteiger partial charge in [0, 0.05) is 0 Å². The molecule has 0 saturated carbocycles. The summed E-state index contributed by atoms with van der Waals surface area (Å²) >= 11 is 5.00. The third-order valence-corrected chi connectivity index (χ3v) is 2.89. The lowest BCUT2D eigenvalue weighted by atomic mass is 10.2. The quantitative estimate of drug-likeness (QED) is 0.521. The Labute approximate surface area is 87.2 Å². The Balaban J connectivity index is 3.13. The van der Waals surface area contributed by atoms with E-state index in [9.17, 15) is 17.6 Å². The van der Waals surface area contributed by atoms with E-state index in [1.54, 1.807) is 0 Å². The van der Waals surface area contributed by atoms with Crippen LogP contribution < -0.4 is 0 Å². The molecule has 0 N–H and O–H groups in total. The predicted molar refractivity (Wildman–Crippen MR) is 48.1 cm³/mol. The highest BCUT2D eigenvalue weighted by molar-refractivity contribution is 8.00. The molecule has 1 aromatic rings. The molecule has 1 aromatic carbocycles. The number of rotatable bonds is 1. The van der Waals surface area contributed by atoms with Crippen molar-refractivity contribution in [1.82, 2.24) is 0 Å². The van der Waals surface area contributed by atoms with Crippen molar-refractivity contribution in [2.24, 2.45) is 0 Å². The van der Waals surface area contributed by atoms with Gasteiger partial charge in [-0.2, -0.15) is 13.2 Å². The van der Waals surface area contributed by atoms with Gasteiger partial charge in [-0.1, -0.05) is 17.7 Å². The Morgan fingerprint density at radius 2 is 1.86 bits per heavy atom. The average Bonchev–Trinajstić information content (AvgIpc) is 2.04. The molecule has 0 radical (unpaired) electrons. The van der Waals surface area contributed by atoms with Crippen LogP contribution in [0.4, 0.5) is 17.6 Å². The Bertz CT molecular complexity index is 348. The first kappa shape index (κ1) is 11.7. The van der Waals surface area contributed by atoms with E-state index in [0.29, 0.717) is 5.56 Å². The van der Waals surface area contributed by atoms with Crippen LogP contribution in [0.5, 0.6) is 0 Å². The maximum absolute atomic E-state index is 13.0. The number of benzene rings is 1. The SMILES string of the molecule is Cc1ccc(F)c(SC(F)(F)F)c1Cl. The maximum atomic E-state index is 13.0. The summed E-state index contributed by atoms with van der Waals surface area (Å²) in [7, 11) is 0. The van der Waals surface area contributed by atoms with Crippen LogP contribution in [0.25, 0.3) is 0 Å². The third-order valence-electron chi connectivity index (χ3n) is 1.46. The minimum atomic E-state index is -4.53. The molecule has 0 aromatic heterocycles. The Hall–Kier alpha value is -0.420. The van der Waals surface area contributed by atoms with E-state index in [1.165, 1.54) is 13.0 Å². The summed E-state index contributed by atoms with van der Waals surface area (Å²) < 4.78 is 48.9. The van der Waals surface area contributed by atoms with Crippen molar-refractivity contribution in [3.8, 4) is 0 Å². The number of hydrogen-bond donors (Lipinski definition) is 0. The van der Waals surface area contributed by atoms with Crippen molar-refractivity contribution in [3.05, 3.63) is 28.5 Å². The Morgan fingerprint density at radius 3 is 2.36 bits per heavy atom. The van der Waals surface area contributed by atoms with E-state index in [2.05, 4.69) is 0 Å². The molecule has 78 valence electrons. The van der Waals surface area contributed by atoms with Gasteiger partial charge in [-0.15, -0.1) is 0 Å². The van der Waals surface area contributed by atoms with E-state index in [0.717, 1.165) is 6.07 Å². The highest BCUT2D eigenvalue weighted by atomic mass is 35.5. The van der Waals surface area contributed by atoms with Crippen LogP contribution in [-0.4, -0.2) is 5.51 Å². The molecule has 14 heavy (non-hydrogen) atoms. The molecular weight excluding hydrogens is 240 g/mol. The normalized spacial score (nSPS) is 11.9. The topological polar surface area (TPSA) is 0 Å². The third kappa shape index (κ3) is 2.78. The number of aryl methyl sites for hydroxylation is 1. The van der Waals surface area contributed by atoms with Crippen molar-refractivity contribution in [1.29, 1.82) is 0 Å². The lowest BCUT2D eigenvalue weighted by molar-refractivity contribution is -0.0329. The molecule has 0 fully saturated rings. The molecule has 6 heteroatoms. The largest absolute Gasteiger partial charge is 0.446 e. The molecular formula is C8H5ClF4S. The van der Waals surface area contributed by atoms with Gasteiger partial charge in [-0.3, -0.25) is 0 Å². The molecule has 0 aliphatic rings. The van der Waals surface area contributed by atoms with Crippen LogP contribution in [0.15, 0.2) is 17.0 Å².